The van der Waals surface area contributed by atoms with Crippen molar-refractivity contribution in [1.82, 2.24) is 29.9 Å². The molecule has 1 aromatic carbocycles. The Morgan fingerprint density at radius 3 is 2.55 bits per heavy atom. The fourth-order valence-corrected chi connectivity index (χ4v) is 3.81. The Hall–Kier alpha value is -2.54. The van der Waals surface area contributed by atoms with Crippen molar-refractivity contribution in [3.05, 3.63) is 66.6 Å². The van der Waals surface area contributed by atoms with Gasteiger partial charge < -0.3 is 10.2 Å². The summed E-state index contributed by atoms with van der Waals surface area (Å²) in [5.74, 6) is 0. The molecule has 1 fully saturated rings. The van der Waals surface area contributed by atoms with Gasteiger partial charge in [0.2, 0.25) is 0 Å². The van der Waals surface area contributed by atoms with Gasteiger partial charge in [0.1, 0.15) is 0 Å². The molecule has 1 saturated heterocycles. The number of likely N-dealkylation sites (N-methyl/N-ethyl adjacent to an activating group) is 1. The lowest BCUT2D eigenvalue weighted by Crippen LogP contribution is -2.50. The Kier molecular flexibility index (Phi) is 6.34. The van der Waals surface area contributed by atoms with Crippen molar-refractivity contribution >= 4 is 0 Å². The van der Waals surface area contributed by atoms with Gasteiger partial charge in [0, 0.05) is 75.0 Å². The maximum atomic E-state index is 4.87. The maximum Gasteiger partial charge on any atom is 0.0988 e. The Labute approximate surface area is 173 Å². The van der Waals surface area contributed by atoms with Crippen LogP contribution in [-0.2, 0) is 6.54 Å². The van der Waals surface area contributed by atoms with E-state index in [2.05, 4.69) is 58.5 Å². The third-order valence-electron chi connectivity index (χ3n) is 5.66. The molecule has 3 aromatic rings. The molecular formula is C23H30N6. The van der Waals surface area contributed by atoms with E-state index in [4.69, 9.17) is 5.10 Å². The highest BCUT2D eigenvalue weighted by atomic mass is 15.3. The average Bonchev–Trinajstić information content (AvgIpc) is 3.19. The van der Waals surface area contributed by atoms with E-state index < -0.39 is 0 Å². The second-order valence-electron chi connectivity index (χ2n) is 7.84. The topological polar surface area (TPSA) is 49.2 Å². The number of para-hydroxylation sites is 1. The minimum absolute atomic E-state index is 0.523. The van der Waals surface area contributed by atoms with Gasteiger partial charge in [-0.15, -0.1) is 0 Å². The van der Waals surface area contributed by atoms with Crippen LogP contribution in [0.5, 0.6) is 0 Å². The molecule has 29 heavy (non-hydrogen) atoms. The van der Waals surface area contributed by atoms with Gasteiger partial charge in [0.25, 0.3) is 0 Å². The zero-order valence-electron chi connectivity index (χ0n) is 17.3. The van der Waals surface area contributed by atoms with E-state index >= 15 is 0 Å². The number of hydrogen-bond acceptors (Lipinski definition) is 5. The number of rotatable bonds is 7. The summed E-state index contributed by atoms with van der Waals surface area (Å²) in [6.07, 6.45) is 5.81. The van der Waals surface area contributed by atoms with Gasteiger partial charge in [-0.25, -0.2) is 4.68 Å². The average molecular weight is 391 g/mol. The third kappa shape index (κ3) is 4.90. The lowest BCUT2D eigenvalue weighted by molar-refractivity contribution is 0.118. The van der Waals surface area contributed by atoms with Crippen LogP contribution in [0.3, 0.4) is 0 Å². The van der Waals surface area contributed by atoms with Crippen molar-refractivity contribution < 1.29 is 0 Å². The summed E-state index contributed by atoms with van der Waals surface area (Å²) in [6, 6.07) is 14.8. The molecule has 1 N–H and O–H groups in total. The number of piperazine rings is 1. The third-order valence-corrected chi connectivity index (χ3v) is 5.66. The van der Waals surface area contributed by atoms with Gasteiger partial charge in [0.15, 0.2) is 0 Å². The molecule has 0 saturated carbocycles. The molecule has 3 heterocycles. The molecule has 1 unspecified atom stereocenters. The monoisotopic (exact) mass is 390 g/mol. The van der Waals surface area contributed by atoms with E-state index in [1.807, 2.05) is 35.1 Å². The molecule has 4 rings (SSSR count). The summed E-state index contributed by atoms with van der Waals surface area (Å²) in [6.45, 7) is 8.66. The molecule has 6 heteroatoms. The van der Waals surface area contributed by atoms with Gasteiger partial charge in [-0.05, 0) is 38.2 Å². The summed E-state index contributed by atoms with van der Waals surface area (Å²) in [5.41, 5.74) is 4.29. The number of pyridine rings is 1. The molecule has 0 spiro atoms. The fraction of sp³-hybridized carbons (Fsp3) is 0.391. The Balaban J connectivity index is 1.46. The number of aromatic nitrogens is 3. The Bertz CT molecular complexity index is 884. The van der Waals surface area contributed by atoms with Crippen LogP contribution in [0.25, 0.3) is 16.9 Å². The first-order valence-corrected chi connectivity index (χ1v) is 10.4. The molecule has 6 nitrogen and oxygen atoms in total. The minimum atomic E-state index is 0.523. The van der Waals surface area contributed by atoms with Gasteiger partial charge in [-0.3, -0.25) is 9.88 Å². The predicted molar refractivity (Wildman–Crippen MR) is 117 cm³/mol. The summed E-state index contributed by atoms with van der Waals surface area (Å²) >= 11 is 0. The lowest BCUT2D eigenvalue weighted by atomic mass is 10.1. The van der Waals surface area contributed by atoms with E-state index in [-0.39, 0.29) is 0 Å². The molecular weight excluding hydrogens is 360 g/mol. The molecule has 0 radical (unpaired) electrons. The van der Waals surface area contributed by atoms with Gasteiger partial charge in [-0.1, -0.05) is 18.2 Å². The summed E-state index contributed by atoms with van der Waals surface area (Å²) < 4.78 is 1.96. The van der Waals surface area contributed by atoms with E-state index in [0.717, 1.165) is 56.2 Å². The quantitative estimate of drug-likeness (QED) is 0.672. The van der Waals surface area contributed by atoms with E-state index in [1.165, 1.54) is 5.56 Å². The molecule has 1 aliphatic rings. The number of nitrogens with one attached hydrogen (secondary N) is 1. The molecule has 0 bridgehead atoms. The van der Waals surface area contributed by atoms with E-state index in [1.54, 1.807) is 6.20 Å². The van der Waals surface area contributed by atoms with Crippen LogP contribution in [0.2, 0.25) is 0 Å². The first kappa shape index (κ1) is 19.8. The van der Waals surface area contributed by atoms with Gasteiger partial charge >= 0.3 is 0 Å². The highest BCUT2D eigenvalue weighted by Gasteiger charge is 2.19. The van der Waals surface area contributed by atoms with E-state index in [0.29, 0.717) is 6.04 Å². The fourth-order valence-electron chi connectivity index (χ4n) is 3.81. The highest BCUT2D eigenvalue weighted by molar-refractivity contribution is 5.62. The van der Waals surface area contributed by atoms with Crippen molar-refractivity contribution in [3.8, 4) is 16.9 Å². The number of benzene rings is 1. The SMILES string of the molecule is CC(CNCc1cn(-c2ccccc2)nc1-c1cccnc1)N1CCN(C)CC1. The highest BCUT2D eigenvalue weighted by Crippen LogP contribution is 2.23. The Morgan fingerprint density at radius 2 is 1.83 bits per heavy atom. The van der Waals surface area contributed by atoms with Gasteiger partial charge in [-0.2, -0.15) is 5.10 Å². The largest absolute Gasteiger partial charge is 0.311 e. The first-order chi connectivity index (χ1) is 14.2. The van der Waals surface area contributed by atoms with E-state index in [9.17, 15) is 0 Å². The second-order valence-corrected chi connectivity index (χ2v) is 7.84. The van der Waals surface area contributed by atoms with Crippen molar-refractivity contribution in [2.45, 2.75) is 19.5 Å². The maximum absolute atomic E-state index is 4.87. The van der Waals surface area contributed by atoms with Crippen LogP contribution in [0, 0.1) is 0 Å². The zero-order chi connectivity index (χ0) is 20.1. The zero-order valence-corrected chi connectivity index (χ0v) is 17.3. The van der Waals surface area contributed by atoms with Crippen molar-refractivity contribution in [1.29, 1.82) is 0 Å². The standard InChI is InChI=1S/C23H30N6/c1-19(28-13-11-27(2)12-14-28)15-25-17-21-18-29(22-8-4-3-5-9-22)26-23(21)20-7-6-10-24-16-20/h3-10,16,18-19,25H,11-15,17H2,1-2H3. The molecule has 152 valence electrons. The molecule has 1 aliphatic heterocycles. The predicted octanol–water partition coefficient (Wildman–Crippen LogP) is 2.66. The van der Waals surface area contributed by atoms with Crippen LogP contribution in [-0.4, -0.2) is 70.4 Å². The second kappa shape index (κ2) is 9.31. The molecule has 1 atom stereocenters. The molecule has 0 aliphatic carbocycles. The van der Waals surface area contributed by atoms with Crippen LogP contribution in [0.1, 0.15) is 12.5 Å². The lowest BCUT2D eigenvalue weighted by Gasteiger charge is -2.36. The van der Waals surface area contributed by atoms with Crippen molar-refractivity contribution in [2.75, 3.05) is 39.8 Å². The minimum Gasteiger partial charge on any atom is -0.311 e. The normalized spacial score (nSPS) is 16.8. The van der Waals surface area contributed by atoms with Crippen molar-refractivity contribution in [2.24, 2.45) is 0 Å². The smallest absolute Gasteiger partial charge is 0.0988 e. The van der Waals surface area contributed by atoms with Crippen molar-refractivity contribution in [3.63, 3.8) is 0 Å². The van der Waals surface area contributed by atoms with Crippen LogP contribution in [0.4, 0.5) is 0 Å². The number of hydrogen-bond donors (Lipinski definition) is 1. The summed E-state index contributed by atoms with van der Waals surface area (Å²) in [5, 5.41) is 8.52. The summed E-state index contributed by atoms with van der Waals surface area (Å²) in [7, 11) is 2.20. The molecule has 2 aromatic heterocycles. The van der Waals surface area contributed by atoms with Crippen LogP contribution >= 0.6 is 0 Å². The summed E-state index contributed by atoms with van der Waals surface area (Å²) in [4.78, 5) is 9.25. The molecule has 0 amide bonds. The number of nitrogens with zero attached hydrogens (tertiary/aromatic N) is 5. The Morgan fingerprint density at radius 1 is 1.03 bits per heavy atom. The van der Waals surface area contributed by atoms with Crippen LogP contribution < -0.4 is 5.32 Å². The van der Waals surface area contributed by atoms with Gasteiger partial charge in [0.05, 0.1) is 11.4 Å². The van der Waals surface area contributed by atoms with Crippen LogP contribution in [0.15, 0.2) is 61.1 Å². The first-order valence-electron chi connectivity index (χ1n) is 10.4.